The molecule has 0 spiro atoms. The molecule has 3 aromatic carbocycles. The summed E-state index contributed by atoms with van der Waals surface area (Å²) >= 11 is 0. The number of esters is 1. The normalized spacial score (nSPS) is 15.1. The molecule has 0 aliphatic carbocycles. The van der Waals surface area contributed by atoms with Gasteiger partial charge in [0.1, 0.15) is 11.9 Å². The van der Waals surface area contributed by atoms with E-state index in [-0.39, 0.29) is 24.1 Å². The third-order valence-electron chi connectivity index (χ3n) is 6.26. The van der Waals surface area contributed by atoms with E-state index in [1.54, 1.807) is 41.3 Å². The lowest BCUT2D eigenvalue weighted by molar-refractivity contribution is 0.0252. The number of aromatic nitrogens is 2. The first kappa shape index (κ1) is 22.5. The summed E-state index contributed by atoms with van der Waals surface area (Å²) in [6.45, 7) is 3.98. The van der Waals surface area contributed by atoms with Crippen molar-refractivity contribution >= 4 is 22.8 Å². The number of amides is 1. The van der Waals surface area contributed by atoms with Gasteiger partial charge >= 0.3 is 5.97 Å². The van der Waals surface area contributed by atoms with Gasteiger partial charge in [-0.3, -0.25) is 9.59 Å². The minimum absolute atomic E-state index is 0.141. The number of hydrogen-bond acceptors (Lipinski definition) is 5. The number of para-hydroxylation sites is 1. The van der Waals surface area contributed by atoms with Crippen LogP contribution in [0.3, 0.4) is 0 Å². The van der Waals surface area contributed by atoms with Gasteiger partial charge in [0, 0.05) is 18.0 Å². The summed E-state index contributed by atoms with van der Waals surface area (Å²) in [6.07, 6.45) is 0.0996. The predicted octanol–water partition coefficient (Wildman–Crippen LogP) is 4.43. The third-order valence-corrected chi connectivity index (χ3v) is 6.26. The average Bonchev–Trinajstić information content (AvgIpc) is 2.87. The van der Waals surface area contributed by atoms with Crippen LogP contribution in [0.1, 0.15) is 57.6 Å². The Morgan fingerprint density at radius 3 is 2.57 bits per heavy atom. The Bertz CT molecular complexity index is 1480. The number of nitrogens with zero attached hydrogens (tertiary/aromatic N) is 2. The van der Waals surface area contributed by atoms with E-state index in [0.717, 1.165) is 11.1 Å². The summed E-state index contributed by atoms with van der Waals surface area (Å²) in [5.74, 6) is -0.173. The van der Waals surface area contributed by atoms with Crippen molar-refractivity contribution in [2.45, 2.75) is 39.0 Å². The fourth-order valence-corrected chi connectivity index (χ4v) is 4.41. The predicted molar refractivity (Wildman–Crippen MR) is 132 cm³/mol. The Morgan fingerprint density at radius 2 is 1.80 bits per heavy atom. The first-order valence-corrected chi connectivity index (χ1v) is 11.6. The number of hydrogen-bond donors (Lipinski definition) is 1. The quantitative estimate of drug-likeness (QED) is 0.439. The first-order chi connectivity index (χ1) is 16.9. The van der Waals surface area contributed by atoms with E-state index in [0.29, 0.717) is 34.3 Å². The van der Waals surface area contributed by atoms with E-state index < -0.39 is 12.1 Å². The zero-order valence-corrected chi connectivity index (χ0v) is 19.5. The summed E-state index contributed by atoms with van der Waals surface area (Å²) in [5, 5.41) is 0.508. The van der Waals surface area contributed by atoms with Crippen molar-refractivity contribution in [2.24, 2.45) is 0 Å². The molecule has 5 rings (SSSR count). The van der Waals surface area contributed by atoms with Gasteiger partial charge in [-0.2, -0.15) is 0 Å². The number of rotatable bonds is 5. The molecule has 1 aliphatic heterocycles. The highest BCUT2D eigenvalue weighted by atomic mass is 16.5. The molecule has 0 radical (unpaired) electrons. The fraction of sp³-hybridized carbons (Fsp3) is 0.214. The minimum atomic E-state index is -0.394. The van der Waals surface area contributed by atoms with Crippen molar-refractivity contribution in [1.29, 1.82) is 0 Å². The number of carbonyl (C=O) groups excluding carboxylic acids is 2. The highest BCUT2D eigenvalue weighted by Crippen LogP contribution is 2.31. The number of cyclic esters (lactones) is 1. The van der Waals surface area contributed by atoms with E-state index in [2.05, 4.69) is 9.97 Å². The number of aromatic amines is 1. The van der Waals surface area contributed by atoms with Crippen LogP contribution in [0.15, 0.2) is 77.6 Å². The lowest BCUT2D eigenvalue weighted by Crippen LogP contribution is -2.37. The molecular formula is C28H25N3O4. The Kier molecular flexibility index (Phi) is 5.91. The fourth-order valence-electron chi connectivity index (χ4n) is 4.41. The lowest BCUT2D eigenvalue weighted by Gasteiger charge is -2.28. The summed E-state index contributed by atoms with van der Waals surface area (Å²) in [4.78, 5) is 47.7. The molecule has 2 heterocycles. The summed E-state index contributed by atoms with van der Waals surface area (Å²) in [6, 6.07) is 21.6. The third kappa shape index (κ3) is 4.45. The van der Waals surface area contributed by atoms with Gasteiger partial charge in [0.2, 0.25) is 0 Å². The molecule has 1 N–H and O–H groups in total. The highest BCUT2D eigenvalue weighted by molar-refractivity contribution is 5.98. The number of ether oxygens (including phenoxy) is 1. The van der Waals surface area contributed by atoms with Gasteiger partial charge < -0.3 is 14.6 Å². The molecule has 1 amide bonds. The second kappa shape index (κ2) is 9.18. The van der Waals surface area contributed by atoms with Crippen LogP contribution in [-0.2, 0) is 17.7 Å². The average molecular weight is 468 g/mol. The molecule has 1 unspecified atom stereocenters. The molecule has 0 saturated carbocycles. The highest BCUT2D eigenvalue weighted by Gasteiger charge is 2.29. The van der Waals surface area contributed by atoms with Crippen LogP contribution in [-0.4, -0.2) is 32.8 Å². The van der Waals surface area contributed by atoms with Crippen LogP contribution in [0.4, 0.5) is 0 Å². The van der Waals surface area contributed by atoms with Crippen molar-refractivity contribution in [3.8, 4) is 0 Å². The Morgan fingerprint density at radius 1 is 1.06 bits per heavy atom. The van der Waals surface area contributed by atoms with Gasteiger partial charge in [0.15, 0.2) is 0 Å². The second-order valence-electron chi connectivity index (χ2n) is 8.94. The molecule has 176 valence electrons. The minimum Gasteiger partial charge on any atom is -0.454 e. The van der Waals surface area contributed by atoms with Crippen LogP contribution in [0.5, 0.6) is 0 Å². The van der Waals surface area contributed by atoms with E-state index in [4.69, 9.17) is 4.74 Å². The number of H-pyrrole nitrogens is 1. The molecule has 0 bridgehead atoms. The van der Waals surface area contributed by atoms with Crippen molar-refractivity contribution in [1.82, 2.24) is 14.9 Å². The smallest absolute Gasteiger partial charge is 0.339 e. The maximum absolute atomic E-state index is 13.5. The summed E-state index contributed by atoms with van der Waals surface area (Å²) in [7, 11) is 0. The van der Waals surface area contributed by atoms with Crippen LogP contribution in [0.2, 0.25) is 0 Å². The van der Waals surface area contributed by atoms with Gasteiger partial charge in [-0.15, -0.1) is 0 Å². The Labute approximate surface area is 202 Å². The number of benzene rings is 3. The van der Waals surface area contributed by atoms with Gasteiger partial charge in [-0.05, 0) is 55.3 Å². The molecule has 1 atom stereocenters. The molecule has 0 saturated heterocycles. The Balaban J connectivity index is 1.44. The second-order valence-corrected chi connectivity index (χ2v) is 8.94. The van der Waals surface area contributed by atoms with Gasteiger partial charge in [-0.1, -0.05) is 42.5 Å². The van der Waals surface area contributed by atoms with E-state index in [1.807, 2.05) is 50.2 Å². The van der Waals surface area contributed by atoms with Gasteiger partial charge in [0.05, 0.1) is 23.0 Å². The molecular weight excluding hydrogens is 442 g/mol. The largest absolute Gasteiger partial charge is 0.454 e. The van der Waals surface area contributed by atoms with Gasteiger partial charge in [-0.25, -0.2) is 9.78 Å². The standard InChI is InChI=1S/C28H25N3O4/c1-17(2)31(16-25-29-23-11-7-6-10-22(23)26(32)30-25)27(33)19-12-13-21-20(14-19)15-24(35-28(21)34)18-8-4-3-5-9-18/h3-14,17,24H,15-16H2,1-2H3,(H,29,30,32). The van der Waals surface area contributed by atoms with Crippen molar-refractivity contribution < 1.29 is 14.3 Å². The zero-order chi connectivity index (χ0) is 24.5. The SMILES string of the molecule is CC(C)N(Cc1nc2ccccc2c(=O)[nH]1)C(=O)c1ccc2c(c1)CC(c1ccccc1)OC2=O. The number of nitrogens with one attached hydrogen (secondary N) is 1. The zero-order valence-electron chi connectivity index (χ0n) is 19.5. The van der Waals surface area contributed by atoms with Crippen LogP contribution < -0.4 is 5.56 Å². The summed E-state index contributed by atoms with van der Waals surface area (Å²) in [5.41, 5.74) is 3.00. The first-order valence-electron chi connectivity index (χ1n) is 11.6. The van der Waals surface area contributed by atoms with E-state index in [9.17, 15) is 14.4 Å². The lowest BCUT2D eigenvalue weighted by atomic mass is 9.93. The molecule has 35 heavy (non-hydrogen) atoms. The molecule has 0 fully saturated rings. The molecule has 4 aromatic rings. The van der Waals surface area contributed by atoms with Crippen molar-refractivity contribution in [3.05, 3.63) is 111 Å². The van der Waals surface area contributed by atoms with Crippen molar-refractivity contribution in [3.63, 3.8) is 0 Å². The van der Waals surface area contributed by atoms with E-state index >= 15 is 0 Å². The van der Waals surface area contributed by atoms with Gasteiger partial charge in [0.25, 0.3) is 11.5 Å². The Hall–Kier alpha value is -4.26. The molecule has 7 nitrogen and oxygen atoms in total. The van der Waals surface area contributed by atoms with Crippen LogP contribution >= 0.6 is 0 Å². The maximum Gasteiger partial charge on any atom is 0.339 e. The monoisotopic (exact) mass is 467 g/mol. The molecule has 1 aliphatic rings. The maximum atomic E-state index is 13.5. The molecule has 7 heteroatoms. The molecule has 1 aromatic heterocycles. The van der Waals surface area contributed by atoms with Crippen LogP contribution in [0, 0.1) is 0 Å². The number of fused-ring (bicyclic) bond motifs is 2. The van der Waals surface area contributed by atoms with Crippen molar-refractivity contribution in [2.75, 3.05) is 0 Å². The topological polar surface area (TPSA) is 92.4 Å². The van der Waals surface area contributed by atoms with E-state index in [1.165, 1.54) is 0 Å². The number of carbonyl (C=O) groups is 2. The summed E-state index contributed by atoms with van der Waals surface area (Å²) < 4.78 is 5.63. The van der Waals surface area contributed by atoms with Crippen LogP contribution in [0.25, 0.3) is 10.9 Å².